The third-order valence-corrected chi connectivity index (χ3v) is 2.57. The number of unbranched alkanes of at least 4 members (excludes halogenated alkanes) is 2. The third-order valence-electron chi connectivity index (χ3n) is 2.26. The van der Waals surface area contributed by atoms with Crippen LogP contribution in [-0.2, 0) is 4.79 Å². The molecule has 0 aromatic carbocycles. The number of thiol groups is 1. The Morgan fingerprint density at radius 1 is 1.33 bits per heavy atom. The second kappa shape index (κ2) is 7.66. The lowest BCUT2D eigenvalue weighted by Gasteiger charge is -2.11. The molecule has 0 heterocycles. The van der Waals surface area contributed by atoms with Gasteiger partial charge >= 0.3 is 0 Å². The van der Waals surface area contributed by atoms with Crippen LogP contribution in [0.5, 0.6) is 0 Å². The number of rotatable bonds is 7. The normalized spacial score (nSPS) is 12.9. The highest BCUT2D eigenvalue weighted by Crippen LogP contribution is 2.14. The second-order valence-electron chi connectivity index (χ2n) is 3.23. The molecular weight excluding hydrogens is 168 g/mol. The first-order valence-electron chi connectivity index (χ1n) is 4.89. The summed E-state index contributed by atoms with van der Waals surface area (Å²) in [6, 6.07) is 0. The standard InChI is InChI=1S/C10H20OS/c1-3-5-6-7-9(4-2)10(11)8-12/h9,12H,3-8H2,1-2H3. The highest BCUT2D eigenvalue weighted by atomic mass is 32.1. The van der Waals surface area contributed by atoms with E-state index in [1.165, 1.54) is 19.3 Å². The summed E-state index contributed by atoms with van der Waals surface area (Å²) in [5.74, 6) is 0.996. The number of carbonyl (C=O) groups excluding carboxylic acids is 1. The van der Waals surface area contributed by atoms with Crippen LogP contribution in [0, 0.1) is 5.92 Å². The summed E-state index contributed by atoms with van der Waals surface area (Å²) < 4.78 is 0. The van der Waals surface area contributed by atoms with Gasteiger partial charge in [-0.15, -0.1) is 0 Å². The number of hydrogen-bond donors (Lipinski definition) is 1. The molecule has 1 unspecified atom stereocenters. The van der Waals surface area contributed by atoms with Gasteiger partial charge in [0.1, 0.15) is 5.78 Å². The molecule has 0 amide bonds. The Morgan fingerprint density at radius 2 is 2.00 bits per heavy atom. The molecule has 0 rings (SSSR count). The maximum absolute atomic E-state index is 11.3. The lowest BCUT2D eigenvalue weighted by molar-refractivity contribution is -0.120. The average Bonchev–Trinajstić information content (AvgIpc) is 2.11. The van der Waals surface area contributed by atoms with Crippen LogP contribution in [0.3, 0.4) is 0 Å². The van der Waals surface area contributed by atoms with Gasteiger partial charge < -0.3 is 0 Å². The second-order valence-corrected chi connectivity index (χ2v) is 3.54. The molecule has 0 fully saturated rings. The van der Waals surface area contributed by atoms with Crippen molar-refractivity contribution in [3.63, 3.8) is 0 Å². The van der Waals surface area contributed by atoms with E-state index in [1.807, 2.05) is 0 Å². The zero-order valence-electron chi connectivity index (χ0n) is 8.18. The molecule has 0 N–H and O–H groups in total. The molecule has 1 nitrogen and oxygen atoms in total. The van der Waals surface area contributed by atoms with E-state index in [9.17, 15) is 4.79 Å². The molecule has 0 aliphatic heterocycles. The van der Waals surface area contributed by atoms with Gasteiger partial charge in [0.15, 0.2) is 0 Å². The van der Waals surface area contributed by atoms with Gasteiger partial charge in [-0.2, -0.15) is 12.6 Å². The number of carbonyl (C=O) groups is 1. The van der Waals surface area contributed by atoms with E-state index in [2.05, 4.69) is 26.5 Å². The lowest BCUT2D eigenvalue weighted by Crippen LogP contribution is -2.14. The summed E-state index contributed by atoms with van der Waals surface area (Å²) in [5, 5.41) is 0. The first-order valence-corrected chi connectivity index (χ1v) is 5.53. The predicted octanol–water partition coefficient (Wildman–Crippen LogP) is 3.09. The molecule has 1 atom stereocenters. The fraction of sp³-hybridized carbons (Fsp3) is 0.900. The van der Waals surface area contributed by atoms with Crippen molar-refractivity contribution >= 4 is 18.4 Å². The van der Waals surface area contributed by atoms with Crippen LogP contribution >= 0.6 is 12.6 Å². The van der Waals surface area contributed by atoms with Crippen LogP contribution in [0.4, 0.5) is 0 Å². The van der Waals surface area contributed by atoms with Gasteiger partial charge in [-0.25, -0.2) is 0 Å². The molecule has 0 bridgehead atoms. The molecule has 0 aliphatic rings. The monoisotopic (exact) mass is 188 g/mol. The molecule has 0 radical (unpaired) electrons. The zero-order chi connectivity index (χ0) is 9.40. The fourth-order valence-electron chi connectivity index (χ4n) is 1.36. The van der Waals surface area contributed by atoms with Gasteiger partial charge in [-0.05, 0) is 12.8 Å². The minimum Gasteiger partial charge on any atom is -0.298 e. The minimum absolute atomic E-state index is 0.272. The molecule has 12 heavy (non-hydrogen) atoms. The molecule has 0 saturated heterocycles. The van der Waals surface area contributed by atoms with E-state index >= 15 is 0 Å². The molecule has 0 spiro atoms. The Morgan fingerprint density at radius 3 is 2.42 bits per heavy atom. The van der Waals surface area contributed by atoms with Crippen molar-refractivity contribution in [2.75, 3.05) is 5.75 Å². The first-order chi connectivity index (χ1) is 5.76. The molecule has 0 saturated carbocycles. The Hall–Kier alpha value is 0.0200. The summed E-state index contributed by atoms with van der Waals surface area (Å²) in [6.07, 6.45) is 5.70. The van der Waals surface area contributed by atoms with Crippen molar-refractivity contribution in [2.24, 2.45) is 5.92 Å². The van der Waals surface area contributed by atoms with E-state index in [1.54, 1.807) is 0 Å². The zero-order valence-corrected chi connectivity index (χ0v) is 9.07. The van der Waals surface area contributed by atoms with Gasteiger partial charge in [-0.3, -0.25) is 4.79 Å². The van der Waals surface area contributed by atoms with Crippen LogP contribution in [0.25, 0.3) is 0 Å². The first kappa shape index (κ1) is 12.0. The molecule has 2 heteroatoms. The van der Waals surface area contributed by atoms with Crippen molar-refractivity contribution in [2.45, 2.75) is 46.0 Å². The summed E-state index contributed by atoms with van der Waals surface area (Å²) >= 11 is 4.00. The molecule has 0 aromatic rings. The lowest BCUT2D eigenvalue weighted by atomic mass is 9.95. The Kier molecular flexibility index (Phi) is 7.67. The highest BCUT2D eigenvalue weighted by Gasteiger charge is 2.13. The summed E-state index contributed by atoms with van der Waals surface area (Å²) in [6.45, 7) is 4.26. The van der Waals surface area contributed by atoms with Crippen LogP contribution in [0.2, 0.25) is 0 Å². The molecule has 72 valence electrons. The summed E-state index contributed by atoms with van der Waals surface area (Å²) in [7, 11) is 0. The maximum atomic E-state index is 11.3. The Balaban J connectivity index is 3.60. The van der Waals surface area contributed by atoms with Crippen LogP contribution in [-0.4, -0.2) is 11.5 Å². The summed E-state index contributed by atoms with van der Waals surface area (Å²) in [5.41, 5.74) is 0. The van der Waals surface area contributed by atoms with Gasteiger partial charge in [0.05, 0.1) is 0 Å². The minimum atomic E-state index is 0.272. The van der Waals surface area contributed by atoms with Crippen molar-refractivity contribution in [1.82, 2.24) is 0 Å². The number of ketones is 1. The Bertz CT molecular complexity index is 123. The topological polar surface area (TPSA) is 17.1 Å². The molecular formula is C10H20OS. The van der Waals surface area contributed by atoms with Crippen LogP contribution < -0.4 is 0 Å². The van der Waals surface area contributed by atoms with Crippen molar-refractivity contribution in [3.05, 3.63) is 0 Å². The fourth-order valence-corrected chi connectivity index (χ4v) is 1.62. The van der Waals surface area contributed by atoms with E-state index in [-0.39, 0.29) is 5.92 Å². The number of Topliss-reactive ketones (excluding diaryl/α,β-unsaturated/α-hetero) is 1. The smallest absolute Gasteiger partial charge is 0.145 e. The molecule has 0 aromatic heterocycles. The molecule has 0 aliphatic carbocycles. The van der Waals surface area contributed by atoms with Crippen LogP contribution in [0.15, 0.2) is 0 Å². The van der Waals surface area contributed by atoms with Crippen molar-refractivity contribution < 1.29 is 4.79 Å². The van der Waals surface area contributed by atoms with E-state index in [0.717, 1.165) is 12.8 Å². The predicted molar refractivity (Wildman–Crippen MR) is 56.8 cm³/mol. The van der Waals surface area contributed by atoms with Gasteiger partial charge in [0.25, 0.3) is 0 Å². The summed E-state index contributed by atoms with van der Waals surface area (Å²) in [4.78, 5) is 11.3. The van der Waals surface area contributed by atoms with Gasteiger partial charge in [0.2, 0.25) is 0 Å². The van der Waals surface area contributed by atoms with Gasteiger partial charge in [-0.1, -0.05) is 33.1 Å². The van der Waals surface area contributed by atoms with E-state index in [4.69, 9.17) is 0 Å². The quantitative estimate of drug-likeness (QED) is 0.480. The van der Waals surface area contributed by atoms with Crippen LogP contribution in [0.1, 0.15) is 46.0 Å². The van der Waals surface area contributed by atoms with Crippen molar-refractivity contribution in [3.8, 4) is 0 Å². The van der Waals surface area contributed by atoms with E-state index < -0.39 is 0 Å². The van der Waals surface area contributed by atoms with E-state index in [0.29, 0.717) is 11.5 Å². The van der Waals surface area contributed by atoms with Crippen molar-refractivity contribution in [1.29, 1.82) is 0 Å². The average molecular weight is 188 g/mol. The van der Waals surface area contributed by atoms with Gasteiger partial charge in [0, 0.05) is 11.7 Å². The largest absolute Gasteiger partial charge is 0.298 e. The Labute approximate surface area is 81.3 Å². The SMILES string of the molecule is CCCCCC(CC)C(=O)CS. The highest BCUT2D eigenvalue weighted by molar-refractivity contribution is 7.81. The number of hydrogen-bond acceptors (Lipinski definition) is 2. The third kappa shape index (κ3) is 4.81. The maximum Gasteiger partial charge on any atom is 0.145 e.